The van der Waals surface area contributed by atoms with Gasteiger partial charge in [-0.05, 0) is 30.3 Å². The van der Waals surface area contributed by atoms with E-state index >= 15 is 0 Å². The highest BCUT2D eigenvalue weighted by Gasteiger charge is 2.44. The van der Waals surface area contributed by atoms with Gasteiger partial charge in [0.05, 0.1) is 23.1 Å². The predicted molar refractivity (Wildman–Crippen MR) is 115 cm³/mol. The molecule has 2 aliphatic heterocycles. The molecule has 1 amide bonds. The van der Waals surface area contributed by atoms with Crippen LogP contribution in [0.15, 0.2) is 59.6 Å². The number of alkyl halides is 3. The second-order valence-electron chi connectivity index (χ2n) is 7.26. The van der Waals surface area contributed by atoms with E-state index in [9.17, 15) is 26.4 Å². The number of anilines is 2. The van der Waals surface area contributed by atoms with Crippen molar-refractivity contribution in [3.05, 3.63) is 60.2 Å². The number of sulfone groups is 1. The third-order valence-electron chi connectivity index (χ3n) is 4.88. The number of halogens is 3. The predicted octanol–water partition coefficient (Wildman–Crippen LogP) is 3.42. The molecule has 0 saturated carbocycles. The van der Waals surface area contributed by atoms with Crippen LogP contribution in [0.1, 0.15) is 5.56 Å². The summed E-state index contributed by atoms with van der Waals surface area (Å²) in [5, 5.41) is 2.75. The number of rotatable bonds is 4. The number of para-hydroxylation sites is 1. The highest BCUT2D eigenvalue weighted by atomic mass is 32.2. The molecule has 1 saturated heterocycles. The average molecular weight is 470 g/mol. The molecule has 0 radical (unpaired) electrons. The van der Waals surface area contributed by atoms with Crippen molar-refractivity contribution < 1.29 is 26.4 Å². The maximum absolute atomic E-state index is 13.2. The molecule has 2 atom stereocenters. The first-order valence-electron chi connectivity index (χ1n) is 9.35. The number of carbonyl (C=O) groups excluding carboxylic acids is 1. The molecule has 0 spiro atoms. The zero-order valence-corrected chi connectivity index (χ0v) is 17.7. The third kappa shape index (κ3) is 5.04. The van der Waals surface area contributed by atoms with Crippen molar-refractivity contribution in [2.75, 3.05) is 28.3 Å². The number of fused-ring (bicyclic) bond motifs is 1. The van der Waals surface area contributed by atoms with Crippen LogP contribution in [0.4, 0.5) is 24.5 Å². The fourth-order valence-corrected chi connectivity index (χ4v) is 7.24. The summed E-state index contributed by atoms with van der Waals surface area (Å²) in [5.74, 6) is -0.570. The first-order chi connectivity index (χ1) is 14.6. The molecule has 2 unspecified atom stereocenters. The van der Waals surface area contributed by atoms with E-state index in [1.807, 2.05) is 0 Å². The fraction of sp³-hybridized carbons (Fsp3) is 0.300. The Kier molecular flexibility index (Phi) is 5.73. The van der Waals surface area contributed by atoms with Gasteiger partial charge in [-0.25, -0.2) is 8.42 Å². The molecule has 0 aliphatic carbocycles. The number of nitrogens with one attached hydrogen (secondary N) is 1. The quantitative estimate of drug-likeness (QED) is 0.743. The summed E-state index contributed by atoms with van der Waals surface area (Å²) < 4.78 is 63.4. The van der Waals surface area contributed by atoms with E-state index in [-0.39, 0.29) is 29.0 Å². The van der Waals surface area contributed by atoms with Gasteiger partial charge in [-0.15, -0.1) is 0 Å². The van der Waals surface area contributed by atoms with Crippen LogP contribution >= 0.6 is 11.8 Å². The van der Waals surface area contributed by atoms with Gasteiger partial charge in [0.2, 0.25) is 5.91 Å². The van der Waals surface area contributed by atoms with E-state index in [0.29, 0.717) is 10.9 Å². The van der Waals surface area contributed by atoms with E-state index in [4.69, 9.17) is 0 Å². The van der Waals surface area contributed by atoms with Crippen molar-refractivity contribution in [1.29, 1.82) is 0 Å². The highest BCUT2D eigenvalue weighted by Crippen LogP contribution is 2.38. The maximum atomic E-state index is 13.2. The minimum absolute atomic E-state index is 0.0397. The molecule has 4 rings (SSSR count). The van der Waals surface area contributed by atoms with Gasteiger partial charge in [-0.1, -0.05) is 36.0 Å². The minimum Gasteiger partial charge on any atom is -0.325 e. The Balaban J connectivity index is 1.63. The Morgan fingerprint density at radius 2 is 1.87 bits per heavy atom. The maximum Gasteiger partial charge on any atom is 0.416 e. The summed E-state index contributed by atoms with van der Waals surface area (Å²) in [6.45, 7) is -0.270. The largest absolute Gasteiger partial charge is 0.416 e. The van der Waals surface area contributed by atoms with Crippen molar-refractivity contribution in [3.63, 3.8) is 0 Å². The van der Waals surface area contributed by atoms with Crippen LogP contribution in [0, 0.1) is 0 Å². The molecule has 164 valence electrons. The second kappa shape index (κ2) is 8.19. The number of amides is 1. The molecule has 2 aliphatic rings. The summed E-state index contributed by atoms with van der Waals surface area (Å²) >= 11 is 1.18. The second-order valence-corrected chi connectivity index (χ2v) is 10.6. The van der Waals surface area contributed by atoms with Crippen LogP contribution in [0.5, 0.6) is 0 Å². The first kappa shape index (κ1) is 21.7. The average Bonchev–Trinajstić information content (AvgIpc) is 3.19. The summed E-state index contributed by atoms with van der Waals surface area (Å²) in [7, 11) is -3.18. The highest BCUT2D eigenvalue weighted by molar-refractivity contribution is 8.15. The zero-order chi connectivity index (χ0) is 22.2. The molecule has 6 nitrogen and oxygen atoms in total. The van der Waals surface area contributed by atoms with Crippen LogP contribution in [-0.2, 0) is 20.8 Å². The van der Waals surface area contributed by atoms with Gasteiger partial charge in [-0.3, -0.25) is 9.79 Å². The number of amidine groups is 1. The number of carbonyl (C=O) groups is 1. The van der Waals surface area contributed by atoms with Crippen molar-refractivity contribution in [1.82, 2.24) is 0 Å². The van der Waals surface area contributed by atoms with E-state index in [1.165, 1.54) is 28.8 Å². The lowest BCUT2D eigenvalue weighted by molar-refractivity contribution is -0.137. The van der Waals surface area contributed by atoms with Gasteiger partial charge in [0.1, 0.15) is 6.54 Å². The number of aliphatic imine (C=N–C) groups is 1. The van der Waals surface area contributed by atoms with Gasteiger partial charge in [0.25, 0.3) is 0 Å². The number of hydrogen-bond acceptors (Lipinski definition) is 6. The summed E-state index contributed by atoms with van der Waals surface area (Å²) in [6, 6.07) is 12.9. The van der Waals surface area contributed by atoms with Crippen molar-refractivity contribution in [2.24, 2.45) is 4.99 Å². The lowest BCUT2D eigenvalue weighted by Gasteiger charge is -2.25. The minimum atomic E-state index is -4.54. The van der Waals surface area contributed by atoms with Gasteiger partial charge in [0.15, 0.2) is 15.0 Å². The van der Waals surface area contributed by atoms with E-state index in [1.54, 1.807) is 30.3 Å². The van der Waals surface area contributed by atoms with E-state index < -0.39 is 33.5 Å². The fourth-order valence-electron chi connectivity index (χ4n) is 3.46. The molecular weight excluding hydrogens is 451 g/mol. The van der Waals surface area contributed by atoms with E-state index in [0.717, 1.165) is 12.1 Å². The lowest BCUT2D eigenvalue weighted by atomic mass is 10.2. The van der Waals surface area contributed by atoms with Crippen LogP contribution in [-0.4, -0.2) is 48.8 Å². The Bertz CT molecular complexity index is 1120. The molecular formula is C20H18F3N3O3S2. The summed E-state index contributed by atoms with van der Waals surface area (Å²) in [4.78, 5) is 18.5. The molecule has 0 bridgehead atoms. The van der Waals surface area contributed by atoms with Crippen LogP contribution in [0.3, 0.4) is 0 Å². The van der Waals surface area contributed by atoms with Gasteiger partial charge >= 0.3 is 6.18 Å². The summed E-state index contributed by atoms with van der Waals surface area (Å²) in [5.41, 5.74) is -0.127. The zero-order valence-electron chi connectivity index (χ0n) is 16.0. The van der Waals surface area contributed by atoms with Crippen molar-refractivity contribution in [3.8, 4) is 0 Å². The Morgan fingerprint density at radius 1 is 1.13 bits per heavy atom. The number of nitrogens with zero attached hydrogens (tertiary/aromatic N) is 2. The molecule has 2 heterocycles. The monoisotopic (exact) mass is 469 g/mol. The smallest absolute Gasteiger partial charge is 0.325 e. The van der Waals surface area contributed by atoms with Crippen molar-refractivity contribution in [2.45, 2.75) is 17.5 Å². The van der Waals surface area contributed by atoms with Gasteiger partial charge in [-0.2, -0.15) is 13.2 Å². The molecule has 31 heavy (non-hydrogen) atoms. The molecule has 11 heteroatoms. The normalized spacial score (nSPS) is 22.0. The topological polar surface area (TPSA) is 78.8 Å². The molecule has 2 aromatic carbocycles. The lowest BCUT2D eigenvalue weighted by Crippen LogP contribution is -2.36. The Morgan fingerprint density at radius 3 is 2.55 bits per heavy atom. The first-order valence-corrected chi connectivity index (χ1v) is 12.1. The molecule has 1 N–H and O–H groups in total. The molecule has 1 fully saturated rings. The standard InChI is InChI=1S/C20H18F3N3O3S2/c21-20(22,23)13-5-4-8-15(9-13)26(10-18(27)24-14-6-2-1-3-7-14)19-25-16-11-31(28,29)12-17(16)30-19/h1-9,16-17H,10-12H2,(H,24,27). The van der Waals surface area contributed by atoms with Gasteiger partial charge < -0.3 is 10.2 Å². The van der Waals surface area contributed by atoms with Crippen LogP contribution in [0.2, 0.25) is 0 Å². The number of hydrogen-bond donors (Lipinski definition) is 1. The SMILES string of the molecule is O=C(CN(C1=NC2CS(=O)(=O)CC2S1)c1cccc(C(F)(F)F)c1)Nc1ccccc1. The molecule has 0 aromatic heterocycles. The third-order valence-corrected chi connectivity index (χ3v) is 8.13. The van der Waals surface area contributed by atoms with E-state index in [2.05, 4.69) is 10.3 Å². The Hall–Kier alpha value is -2.53. The van der Waals surface area contributed by atoms with Crippen molar-refractivity contribution >= 4 is 44.0 Å². The number of benzene rings is 2. The number of thioether (sulfide) groups is 1. The van der Waals surface area contributed by atoms with Crippen LogP contribution in [0.25, 0.3) is 0 Å². The summed E-state index contributed by atoms with van der Waals surface area (Å²) in [6.07, 6.45) is -4.54. The van der Waals surface area contributed by atoms with Crippen LogP contribution < -0.4 is 10.2 Å². The Labute approximate surface area is 181 Å². The molecule has 2 aromatic rings. The van der Waals surface area contributed by atoms with Gasteiger partial charge in [0, 0.05) is 16.6 Å².